The van der Waals surface area contributed by atoms with Gasteiger partial charge in [-0.3, -0.25) is 10.1 Å². The zero-order valence-corrected chi connectivity index (χ0v) is 10.4. The van der Waals surface area contributed by atoms with Crippen LogP contribution in [0.25, 0.3) is 0 Å². The van der Waals surface area contributed by atoms with Crippen molar-refractivity contribution < 1.29 is 15.1 Å². The second kappa shape index (κ2) is 6.06. The molecule has 0 atom stereocenters. The average molecular weight is 260 g/mol. The lowest BCUT2D eigenvalue weighted by atomic mass is 9.98. The van der Waals surface area contributed by atoms with Crippen LogP contribution in [0.3, 0.4) is 0 Å². The van der Waals surface area contributed by atoms with E-state index in [2.05, 4.69) is 5.32 Å². The van der Waals surface area contributed by atoms with Gasteiger partial charge in [-0.15, -0.1) is 0 Å². The highest BCUT2D eigenvalue weighted by molar-refractivity contribution is 7.15. The number of aliphatic hydroxyl groups excluding tert-OH is 2. The zero-order chi connectivity index (χ0) is 12.9. The van der Waals surface area contributed by atoms with Crippen molar-refractivity contribution in [1.82, 2.24) is 5.32 Å². The minimum atomic E-state index is -0.723. The van der Waals surface area contributed by atoms with Gasteiger partial charge in [0.15, 0.2) is 0 Å². The van der Waals surface area contributed by atoms with E-state index in [1.54, 1.807) is 6.07 Å². The number of aliphatic hydroxyl groups is 2. The Bertz CT molecular complexity index is 368. The maximum absolute atomic E-state index is 10.5. The summed E-state index contributed by atoms with van der Waals surface area (Å²) in [5.41, 5.74) is -0.723. The molecular formula is C10H16N2O4S. The molecule has 1 rings (SSSR count). The molecule has 1 aromatic rings. The maximum atomic E-state index is 10.5. The van der Waals surface area contributed by atoms with E-state index >= 15 is 0 Å². The molecule has 1 aromatic heterocycles. The van der Waals surface area contributed by atoms with E-state index in [0.717, 1.165) is 16.2 Å². The zero-order valence-electron chi connectivity index (χ0n) is 9.55. The van der Waals surface area contributed by atoms with Gasteiger partial charge in [-0.1, -0.05) is 18.3 Å². The van der Waals surface area contributed by atoms with Crippen molar-refractivity contribution in [3.63, 3.8) is 0 Å². The van der Waals surface area contributed by atoms with Crippen LogP contribution in [0.5, 0.6) is 0 Å². The second-order valence-corrected chi connectivity index (χ2v) is 4.95. The van der Waals surface area contributed by atoms with E-state index in [4.69, 9.17) is 0 Å². The Morgan fingerprint density at radius 3 is 2.53 bits per heavy atom. The summed E-state index contributed by atoms with van der Waals surface area (Å²) in [6.45, 7) is 1.91. The van der Waals surface area contributed by atoms with Crippen LogP contribution in [0.2, 0.25) is 0 Å². The molecule has 0 aromatic carbocycles. The van der Waals surface area contributed by atoms with Crippen molar-refractivity contribution >= 4 is 16.3 Å². The average Bonchev–Trinajstić information content (AvgIpc) is 2.81. The fourth-order valence-corrected chi connectivity index (χ4v) is 2.10. The summed E-state index contributed by atoms with van der Waals surface area (Å²) in [7, 11) is 0. The Morgan fingerprint density at radius 1 is 1.47 bits per heavy atom. The molecule has 17 heavy (non-hydrogen) atoms. The first-order valence-electron chi connectivity index (χ1n) is 5.27. The highest BCUT2D eigenvalue weighted by atomic mass is 32.1. The van der Waals surface area contributed by atoms with Crippen molar-refractivity contribution in [2.24, 2.45) is 0 Å². The van der Waals surface area contributed by atoms with Crippen molar-refractivity contribution in [3.8, 4) is 0 Å². The molecule has 0 aliphatic rings. The van der Waals surface area contributed by atoms with Crippen LogP contribution in [-0.4, -0.2) is 33.9 Å². The number of nitro groups is 1. The molecule has 0 fully saturated rings. The maximum Gasteiger partial charge on any atom is 0.324 e. The Balaban J connectivity index is 2.62. The van der Waals surface area contributed by atoms with Gasteiger partial charge >= 0.3 is 5.00 Å². The van der Waals surface area contributed by atoms with Crippen LogP contribution in [0, 0.1) is 10.1 Å². The van der Waals surface area contributed by atoms with Crippen molar-refractivity contribution in [3.05, 3.63) is 27.1 Å². The molecule has 3 N–H and O–H groups in total. The monoisotopic (exact) mass is 260 g/mol. The summed E-state index contributed by atoms with van der Waals surface area (Å²) in [6.07, 6.45) is 0.577. The van der Waals surface area contributed by atoms with Crippen LogP contribution in [-0.2, 0) is 6.54 Å². The first-order valence-corrected chi connectivity index (χ1v) is 6.08. The molecule has 0 bridgehead atoms. The first kappa shape index (κ1) is 14.0. The van der Waals surface area contributed by atoms with Crippen molar-refractivity contribution in [1.29, 1.82) is 0 Å². The first-order chi connectivity index (χ1) is 8.06. The van der Waals surface area contributed by atoms with E-state index in [1.165, 1.54) is 6.07 Å². The lowest BCUT2D eigenvalue weighted by molar-refractivity contribution is -0.380. The topological polar surface area (TPSA) is 95.6 Å². The second-order valence-electron chi connectivity index (χ2n) is 3.80. The summed E-state index contributed by atoms with van der Waals surface area (Å²) < 4.78 is 0. The predicted octanol–water partition coefficient (Wildman–Crippen LogP) is 0.879. The molecule has 7 heteroatoms. The van der Waals surface area contributed by atoms with Gasteiger partial charge in [-0.2, -0.15) is 0 Å². The molecule has 96 valence electrons. The van der Waals surface area contributed by atoms with Gasteiger partial charge in [0.05, 0.1) is 23.7 Å². The van der Waals surface area contributed by atoms with Crippen LogP contribution < -0.4 is 5.32 Å². The number of hydrogen-bond donors (Lipinski definition) is 3. The van der Waals surface area contributed by atoms with Gasteiger partial charge in [0.1, 0.15) is 0 Å². The van der Waals surface area contributed by atoms with E-state index in [9.17, 15) is 20.3 Å². The largest absolute Gasteiger partial charge is 0.394 e. The van der Waals surface area contributed by atoms with Crippen molar-refractivity contribution in [2.75, 3.05) is 13.2 Å². The number of thiophene rings is 1. The molecule has 0 aliphatic carbocycles. The molecule has 0 saturated heterocycles. The molecule has 0 unspecified atom stereocenters. The van der Waals surface area contributed by atoms with Crippen LogP contribution in [0.15, 0.2) is 12.1 Å². The molecule has 0 amide bonds. The predicted molar refractivity (Wildman–Crippen MR) is 65.0 cm³/mol. The fourth-order valence-electron chi connectivity index (χ4n) is 1.34. The van der Waals surface area contributed by atoms with Gasteiger partial charge in [0, 0.05) is 17.5 Å². The third-order valence-corrected chi connectivity index (χ3v) is 3.78. The lowest BCUT2D eigenvalue weighted by Crippen LogP contribution is -2.50. The minimum Gasteiger partial charge on any atom is -0.394 e. The normalized spacial score (nSPS) is 11.7. The molecular weight excluding hydrogens is 244 g/mol. The Labute approximate surface area is 103 Å². The fraction of sp³-hybridized carbons (Fsp3) is 0.600. The molecule has 0 saturated carbocycles. The highest BCUT2D eigenvalue weighted by Crippen LogP contribution is 2.24. The Kier molecular flexibility index (Phi) is 5.01. The van der Waals surface area contributed by atoms with E-state index in [-0.39, 0.29) is 18.2 Å². The summed E-state index contributed by atoms with van der Waals surface area (Å²) in [4.78, 5) is 10.9. The number of rotatable bonds is 7. The third kappa shape index (κ3) is 3.47. The lowest BCUT2D eigenvalue weighted by Gasteiger charge is -2.29. The molecule has 0 spiro atoms. The van der Waals surface area contributed by atoms with Gasteiger partial charge in [-0.05, 0) is 12.5 Å². The van der Waals surface area contributed by atoms with E-state index < -0.39 is 10.5 Å². The van der Waals surface area contributed by atoms with Crippen LogP contribution in [0.4, 0.5) is 5.00 Å². The molecule has 6 nitrogen and oxygen atoms in total. The van der Waals surface area contributed by atoms with Gasteiger partial charge in [-0.25, -0.2) is 0 Å². The number of nitrogens with one attached hydrogen (secondary N) is 1. The van der Waals surface area contributed by atoms with E-state index in [1.807, 2.05) is 6.92 Å². The van der Waals surface area contributed by atoms with Gasteiger partial charge in [0.25, 0.3) is 0 Å². The van der Waals surface area contributed by atoms with Crippen LogP contribution >= 0.6 is 11.3 Å². The molecule has 0 aliphatic heterocycles. The summed E-state index contributed by atoms with van der Waals surface area (Å²) in [6, 6.07) is 3.12. The smallest absolute Gasteiger partial charge is 0.324 e. The molecule has 1 heterocycles. The number of hydrogen-bond acceptors (Lipinski definition) is 6. The van der Waals surface area contributed by atoms with Gasteiger partial charge < -0.3 is 15.5 Å². The summed E-state index contributed by atoms with van der Waals surface area (Å²) in [5.74, 6) is 0. The minimum absolute atomic E-state index is 0.0943. The Hall–Kier alpha value is -1.02. The van der Waals surface area contributed by atoms with E-state index in [0.29, 0.717) is 13.0 Å². The highest BCUT2D eigenvalue weighted by Gasteiger charge is 2.26. The summed E-state index contributed by atoms with van der Waals surface area (Å²) in [5, 5.41) is 32.1. The molecule has 0 radical (unpaired) electrons. The standard InChI is InChI=1S/C10H16N2O4S/c1-2-10(6-13,7-14)11-5-8-3-4-9(17-8)12(15)16/h3-4,11,13-14H,2,5-7H2,1H3. The van der Waals surface area contributed by atoms with Crippen LogP contribution in [0.1, 0.15) is 18.2 Å². The quantitative estimate of drug-likeness (QED) is 0.499. The number of nitrogens with zero attached hydrogens (tertiary/aromatic N) is 1. The summed E-state index contributed by atoms with van der Waals surface area (Å²) >= 11 is 1.09. The van der Waals surface area contributed by atoms with Gasteiger partial charge in [0.2, 0.25) is 0 Å². The third-order valence-electron chi connectivity index (χ3n) is 2.75. The SMILES string of the molecule is CCC(CO)(CO)NCc1ccc([N+](=O)[O-])s1. The van der Waals surface area contributed by atoms with Crippen molar-refractivity contribution in [2.45, 2.75) is 25.4 Å². The Morgan fingerprint density at radius 2 is 2.12 bits per heavy atom.